The highest BCUT2D eigenvalue weighted by atomic mass is 35.5. The summed E-state index contributed by atoms with van der Waals surface area (Å²) < 4.78 is 0. The van der Waals surface area contributed by atoms with E-state index < -0.39 is 5.54 Å². The first-order valence-electron chi connectivity index (χ1n) is 15.0. The van der Waals surface area contributed by atoms with Gasteiger partial charge in [-0.05, 0) is 47.2 Å². The lowest BCUT2D eigenvalue weighted by molar-refractivity contribution is -0.168. The third kappa shape index (κ3) is 6.65. The standard InChI is InChI=1S/C36H33Cl2N5O2/c37-30-17-16-29(32(38)22-30)18-21-43-40-25-33(41-43)36(35(45)39-24-26-10-4-1-5-11-26)23-34(44)42(36)20-19-31(27-12-6-2-7-13-27)28-14-8-3-9-15-28/h1-17,22,25,31H,18-21,23-24H2,(H,39,45). The van der Waals surface area contributed by atoms with E-state index in [9.17, 15) is 9.59 Å². The van der Waals surface area contributed by atoms with Gasteiger partial charge in [-0.25, -0.2) is 0 Å². The zero-order chi connectivity index (χ0) is 31.2. The Hall–Kier alpha value is -4.46. The number of halogens is 2. The van der Waals surface area contributed by atoms with Crippen LogP contribution in [-0.4, -0.2) is 38.3 Å². The summed E-state index contributed by atoms with van der Waals surface area (Å²) in [6.07, 6.45) is 2.85. The zero-order valence-electron chi connectivity index (χ0n) is 24.7. The fourth-order valence-corrected chi connectivity index (χ4v) is 6.52. The number of rotatable bonds is 12. The third-order valence-electron chi connectivity index (χ3n) is 8.44. The van der Waals surface area contributed by atoms with Crippen molar-refractivity contribution in [3.8, 4) is 0 Å². The van der Waals surface area contributed by atoms with Crippen LogP contribution in [0.1, 0.15) is 46.7 Å². The van der Waals surface area contributed by atoms with Crippen molar-refractivity contribution in [1.29, 1.82) is 0 Å². The minimum atomic E-state index is -1.26. The van der Waals surface area contributed by atoms with Crippen LogP contribution in [0.5, 0.6) is 0 Å². The molecule has 2 amide bonds. The van der Waals surface area contributed by atoms with Crippen LogP contribution < -0.4 is 5.32 Å². The van der Waals surface area contributed by atoms with E-state index in [-0.39, 0.29) is 24.2 Å². The number of amides is 2. The van der Waals surface area contributed by atoms with Gasteiger partial charge in [-0.2, -0.15) is 15.0 Å². The van der Waals surface area contributed by atoms with Crippen molar-refractivity contribution in [2.75, 3.05) is 6.54 Å². The molecule has 228 valence electrons. The van der Waals surface area contributed by atoms with Gasteiger partial charge in [0.25, 0.3) is 5.91 Å². The average molecular weight is 639 g/mol. The lowest BCUT2D eigenvalue weighted by atomic mass is 9.78. The number of benzene rings is 4. The number of carbonyl (C=O) groups excluding carboxylic acids is 2. The predicted octanol–water partition coefficient (Wildman–Crippen LogP) is 6.79. The highest BCUT2D eigenvalue weighted by molar-refractivity contribution is 6.35. The summed E-state index contributed by atoms with van der Waals surface area (Å²) in [4.78, 5) is 30.7. The van der Waals surface area contributed by atoms with Gasteiger partial charge in [0.1, 0.15) is 5.69 Å². The molecule has 2 heterocycles. The zero-order valence-corrected chi connectivity index (χ0v) is 26.2. The minimum Gasteiger partial charge on any atom is -0.350 e. The Bertz CT molecular complexity index is 1730. The largest absolute Gasteiger partial charge is 0.350 e. The molecular weight excluding hydrogens is 605 g/mol. The molecule has 1 N–H and O–H groups in total. The van der Waals surface area contributed by atoms with E-state index in [1.54, 1.807) is 28.0 Å². The van der Waals surface area contributed by atoms with Crippen LogP contribution in [0.2, 0.25) is 10.0 Å². The quantitative estimate of drug-likeness (QED) is 0.153. The molecule has 5 aromatic rings. The SMILES string of the molecule is O=C1CC(C(=O)NCc2ccccc2)(c2cnn(CCc3ccc(Cl)cc3Cl)n2)N1CCC(c1ccccc1)c1ccccc1. The van der Waals surface area contributed by atoms with Crippen molar-refractivity contribution < 1.29 is 9.59 Å². The number of nitrogens with one attached hydrogen (secondary N) is 1. The monoisotopic (exact) mass is 637 g/mol. The van der Waals surface area contributed by atoms with Gasteiger partial charge in [0.2, 0.25) is 5.91 Å². The average Bonchev–Trinajstić information content (AvgIpc) is 3.54. The first kappa shape index (κ1) is 30.6. The molecule has 7 nitrogen and oxygen atoms in total. The van der Waals surface area contributed by atoms with Crippen LogP contribution in [0, 0.1) is 0 Å². The Morgan fingerprint density at radius 3 is 2.13 bits per heavy atom. The van der Waals surface area contributed by atoms with Gasteiger partial charge in [0.15, 0.2) is 5.54 Å². The Balaban J connectivity index is 1.27. The Labute approximate surface area is 272 Å². The Kier molecular flexibility index (Phi) is 9.29. The highest BCUT2D eigenvalue weighted by Crippen LogP contribution is 2.42. The Morgan fingerprint density at radius 1 is 0.867 bits per heavy atom. The topological polar surface area (TPSA) is 80.1 Å². The lowest BCUT2D eigenvalue weighted by Gasteiger charge is -2.49. The van der Waals surface area contributed by atoms with E-state index >= 15 is 0 Å². The highest BCUT2D eigenvalue weighted by Gasteiger charge is 2.59. The molecule has 0 radical (unpaired) electrons. The van der Waals surface area contributed by atoms with E-state index in [0.717, 1.165) is 22.3 Å². The number of hydrogen-bond acceptors (Lipinski definition) is 4. The first-order valence-corrected chi connectivity index (χ1v) is 15.8. The molecule has 1 fully saturated rings. The molecule has 9 heteroatoms. The molecule has 6 rings (SSSR count). The second-order valence-corrected chi connectivity index (χ2v) is 12.1. The molecular formula is C36H33Cl2N5O2. The lowest BCUT2D eigenvalue weighted by Crippen LogP contribution is -2.68. The number of nitrogens with zero attached hydrogens (tertiary/aromatic N) is 4. The van der Waals surface area contributed by atoms with Crippen molar-refractivity contribution >= 4 is 35.0 Å². The molecule has 1 atom stereocenters. The number of aromatic nitrogens is 3. The summed E-state index contributed by atoms with van der Waals surface area (Å²) in [5.74, 6) is -0.312. The van der Waals surface area contributed by atoms with Gasteiger partial charge >= 0.3 is 0 Å². The molecule has 1 unspecified atom stereocenters. The second kappa shape index (κ2) is 13.7. The second-order valence-electron chi connectivity index (χ2n) is 11.2. The molecule has 45 heavy (non-hydrogen) atoms. The summed E-state index contributed by atoms with van der Waals surface area (Å²) >= 11 is 12.4. The van der Waals surface area contributed by atoms with Crippen LogP contribution >= 0.6 is 23.2 Å². The van der Waals surface area contributed by atoms with Crippen molar-refractivity contribution in [1.82, 2.24) is 25.2 Å². The van der Waals surface area contributed by atoms with E-state index in [4.69, 9.17) is 28.3 Å². The van der Waals surface area contributed by atoms with E-state index in [2.05, 4.69) is 34.7 Å². The normalized spacial score (nSPS) is 16.1. The van der Waals surface area contributed by atoms with Crippen molar-refractivity contribution in [3.05, 3.63) is 153 Å². The number of hydrogen-bond donors (Lipinski definition) is 1. The van der Waals surface area contributed by atoms with Gasteiger partial charge in [-0.15, -0.1) is 0 Å². The molecule has 1 aliphatic heterocycles. The molecule has 1 aromatic heterocycles. The summed E-state index contributed by atoms with van der Waals surface area (Å²) in [6, 6.07) is 35.6. The number of aryl methyl sites for hydroxylation is 2. The van der Waals surface area contributed by atoms with Crippen LogP contribution in [0.4, 0.5) is 0 Å². The molecule has 0 bridgehead atoms. The van der Waals surface area contributed by atoms with Crippen LogP contribution in [-0.2, 0) is 34.6 Å². The van der Waals surface area contributed by atoms with Crippen LogP contribution in [0.15, 0.2) is 115 Å². The summed E-state index contributed by atoms with van der Waals surface area (Å²) in [6.45, 7) is 1.16. The summed E-state index contributed by atoms with van der Waals surface area (Å²) in [5.41, 5.74) is 3.38. The molecule has 1 aliphatic rings. The van der Waals surface area contributed by atoms with Crippen LogP contribution in [0.3, 0.4) is 0 Å². The van der Waals surface area contributed by atoms with Gasteiger partial charge in [-0.3, -0.25) is 9.59 Å². The van der Waals surface area contributed by atoms with Gasteiger partial charge < -0.3 is 10.2 Å². The van der Waals surface area contributed by atoms with E-state index in [1.165, 1.54) is 0 Å². The number of β-lactam (4-membered cyclic amide) rings is 1. The fourth-order valence-electron chi connectivity index (χ4n) is 6.01. The summed E-state index contributed by atoms with van der Waals surface area (Å²) in [7, 11) is 0. The maximum absolute atomic E-state index is 14.1. The Morgan fingerprint density at radius 2 is 1.51 bits per heavy atom. The number of carbonyl (C=O) groups is 2. The van der Waals surface area contributed by atoms with Gasteiger partial charge in [0.05, 0.1) is 19.2 Å². The maximum Gasteiger partial charge on any atom is 0.253 e. The van der Waals surface area contributed by atoms with Crippen LogP contribution in [0.25, 0.3) is 0 Å². The first-order chi connectivity index (χ1) is 21.9. The van der Waals surface area contributed by atoms with Crippen molar-refractivity contribution in [3.63, 3.8) is 0 Å². The predicted molar refractivity (Wildman–Crippen MR) is 176 cm³/mol. The van der Waals surface area contributed by atoms with Crippen molar-refractivity contribution in [2.45, 2.75) is 43.8 Å². The number of likely N-dealkylation sites (tertiary alicyclic amines) is 1. The maximum atomic E-state index is 14.1. The van der Waals surface area contributed by atoms with E-state index in [1.807, 2.05) is 72.8 Å². The minimum absolute atomic E-state index is 0.0245. The van der Waals surface area contributed by atoms with E-state index in [0.29, 0.717) is 48.2 Å². The fraction of sp³-hybridized carbons (Fsp3) is 0.222. The molecule has 4 aromatic carbocycles. The smallest absolute Gasteiger partial charge is 0.253 e. The molecule has 0 saturated carbocycles. The molecule has 1 saturated heterocycles. The van der Waals surface area contributed by atoms with Gasteiger partial charge in [0, 0.05) is 29.1 Å². The third-order valence-corrected chi connectivity index (χ3v) is 9.03. The summed E-state index contributed by atoms with van der Waals surface area (Å²) in [5, 5.41) is 13.5. The van der Waals surface area contributed by atoms with Gasteiger partial charge in [-0.1, -0.05) is 120 Å². The van der Waals surface area contributed by atoms with Crippen molar-refractivity contribution in [2.24, 2.45) is 0 Å². The molecule has 0 aliphatic carbocycles. The molecule has 0 spiro atoms.